The van der Waals surface area contributed by atoms with Gasteiger partial charge in [0.2, 0.25) is 11.8 Å². The molecule has 3 rings (SSSR count). The van der Waals surface area contributed by atoms with Crippen LogP contribution in [0.3, 0.4) is 0 Å². The molecule has 1 atom stereocenters. The van der Waals surface area contributed by atoms with Gasteiger partial charge in [0, 0.05) is 19.5 Å². The third-order valence-electron chi connectivity index (χ3n) is 4.88. The van der Waals surface area contributed by atoms with Gasteiger partial charge in [-0.1, -0.05) is 48.4 Å². The van der Waals surface area contributed by atoms with Gasteiger partial charge in [-0.2, -0.15) is 0 Å². The third kappa shape index (κ3) is 5.23. The van der Waals surface area contributed by atoms with Crippen molar-refractivity contribution in [1.29, 1.82) is 0 Å². The molecule has 1 unspecified atom stereocenters. The van der Waals surface area contributed by atoms with Gasteiger partial charge in [-0.3, -0.25) is 14.4 Å². The molecule has 1 saturated heterocycles. The number of anilines is 1. The fourth-order valence-corrected chi connectivity index (χ4v) is 3.32. The summed E-state index contributed by atoms with van der Waals surface area (Å²) in [6, 6.07) is 16.7. The Morgan fingerprint density at radius 1 is 1.10 bits per heavy atom. The van der Waals surface area contributed by atoms with Crippen molar-refractivity contribution < 1.29 is 14.4 Å². The van der Waals surface area contributed by atoms with E-state index in [0.717, 1.165) is 12.0 Å². The second-order valence-electron chi connectivity index (χ2n) is 6.90. The van der Waals surface area contributed by atoms with E-state index in [-0.39, 0.29) is 30.7 Å². The van der Waals surface area contributed by atoms with Gasteiger partial charge >= 0.3 is 0 Å². The van der Waals surface area contributed by atoms with E-state index >= 15 is 0 Å². The van der Waals surface area contributed by atoms with Gasteiger partial charge in [0.25, 0.3) is 5.91 Å². The van der Waals surface area contributed by atoms with Crippen molar-refractivity contribution >= 4 is 23.4 Å². The van der Waals surface area contributed by atoms with E-state index in [1.54, 1.807) is 29.2 Å². The number of para-hydroxylation sites is 1. The van der Waals surface area contributed by atoms with Crippen molar-refractivity contribution in [2.75, 3.05) is 25.0 Å². The van der Waals surface area contributed by atoms with Gasteiger partial charge in [-0.25, -0.2) is 0 Å². The number of nitrogens with one attached hydrogen (secondary N) is 2. The number of carbonyl (C=O) groups excluding carboxylic acids is 3. The number of hydrogen-bond donors (Lipinski definition) is 2. The summed E-state index contributed by atoms with van der Waals surface area (Å²) in [7, 11) is 0. The van der Waals surface area contributed by atoms with Crippen molar-refractivity contribution in [2.45, 2.75) is 12.8 Å². The van der Waals surface area contributed by atoms with Gasteiger partial charge in [-0.05, 0) is 24.1 Å². The molecular formula is C23H23N3O3. The zero-order chi connectivity index (χ0) is 20.6. The molecule has 1 aliphatic rings. The van der Waals surface area contributed by atoms with Gasteiger partial charge < -0.3 is 15.5 Å². The molecule has 0 aliphatic carbocycles. The third-order valence-corrected chi connectivity index (χ3v) is 4.88. The van der Waals surface area contributed by atoms with Crippen molar-refractivity contribution in [3.8, 4) is 12.3 Å². The van der Waals surface area contributed by atoms with Crippen LogP contribution in [0.5, 0.6) is 0 Å². The number of amides is 3. The highest BCUT2D eigenvalue weighted by molar-refractivity contribution is 6.05. The lowest BCUT2D eigenvalue weighted by atomic mass is 10.1. The first-order valence-corrected chi connectivity index (χ1v) is 9.51. The molecule has 0 radical (unpaired) electrons. The molecule has 2 N–H and O–H groups in total. The minimum Gasteiger partial charge on any atom is -0.342 e. The van der Waals surface area contributed by atoms with Crippen LogP contribution in [0, 0.1) is 18.3 Å². The Morgan fingerprint density at radius 2 is 1.83 bits per heavy atom. The van der Waals surface area contributed by atoms with Gasteiger partial charge in [0.1, 0.15) is 0 Å². The summed E-state index contributed by atoms with van der Waals surface area (Å²) in [5, 5.41) is 5.38. The number of likely N-dealkylation sites (tertiary alicyclic amines) is 1. The van der Waals surface area contributed by atoms with Crippen molar-refractivity contribution in [3.05, 3.63) is 65.7 Å². The molecule has 0 bridgehead atoms. The monoisotopic (exact) mass is 389 g/mol. The van der Waals surface area contributed by atoms with E-state index in [2.05, 4.69) is 16.6 Å². The van der Waals surface area contributed by atoms with Crippen LogP contribution in [0.4, 0.5) is 5.69 Å². The molecule has 2 aromatic rings. The molecule has 0 spiro atoms. The average Bonchev–Trinajstić information content (AvgIpc) is 3.12. The number of carbonyl (C=O) groups is 3. The maximum Gasteiger partial charge on any atom is 0.254 e. The Kier molecular flexibility index (Phi) is 6.64. The van der Waals surface area contributed by atoms with Crippen LogP contribution < -0.4 is 10.6 Å². The Bertz CT molecular complexity index is 934. The lowest BCUT2D eigenvalue weighted by Gasteiger charge is -2.17. The second kappa shape index (κ2) is 9.56. The van der Waals surface area contributed by atoms with Crippen LogP contribution in [-0.4, -0.2) is 42.3 Å². The molecule has 0 saturated carbocycles. The van der Waals surface area contributed by atoms with E-state index in [4.69, 9.17) is 6.42 Å². The second-order valence-corrected chi connectivity index (χ2v) is 6.90. The fraction of sp³-hybridized carbons (Fsp3) is 0.261. The Balaban J connectivity index is 1.60. The van der Waals surface area contributed by atoms with Crippen LogP contribution >= 0.6 is 0 Å². The topological polar surface area (TPSA) is 78.5 Å². The van der Waals surface area contributed by atoms with Crippen LogP contribution in [0.2, 0.25) is 0 Å². The Labute approximate surface area is 170 Å². The van der Waals surface area contributed by atoms with Crippen LogP contribution in [0.15, 0.2) is 54.6 Å². The predicted molar refractivity (Wildman–Crippen MR) is 111 cm³/mol. The first kappa shape index (κ1) is 20.2. The Morgan fingerprint density at radius 3 is 2.59 bits per heavy atom. The van der Waals surface area contributed by atoms with Crippen molar-refractivity contribution in [3.63, 3.8) is 0 Å². The Hall–Kier alpha value is -3.59. The lowest BCUT2D eigenvalue weighted by Crippen LogP contribution is -2.30. The predicted octanol–water partition coefficient (Wildman–Crippen LogP) is 2.08. The first-order valence-electron chi connectivity index (χ1n) is 9.51. The standard InChI is InChI=1S/C23H23N3O3/c1-2-13-24-23(29)19-10-6-7-11-20(19)25-22(28)18-15-21(27)26(16-18)14-12-17-8-4-3-5-9-17/h1,3-11,18H,12-16H2,(H,24,29)(H,25,28). The molecular weight excluding hydrogens is 366 g/mol. The molecule has 1 heterocycles. The smallest absolute Gasteiger partial charge is 0.254 e. The van der Waals surface area contributed by atoms with Gasteiger partial charge in [-0.15, -0.1) is 6.42 Å². The summed E-state index contributed by atoms with van der Waals surface area (Å²) in [6.07, 6.45) is 6.09. The van der Waals surface area contributed by atoms with Crippen LogP contribution in [0.25, 0.3) is 0 Å². The zero-order valence-corrected chi connectivity index (χ0v) is 16.1. The van der Waals surface area contributed by atoms with Crippen LogP contribution in [-0.2, 0) is 16.0 Å². The number of terminal acetylenes is 1. The highest BCUT2D eigenvalue weighted by atomic mass is 16.2. The highest BCUT2D eigenvalue weighted by Gasteiger charge is 2.34. The van der Waals surface area contributed by atoms with Crippen LogP contribution in [0.1, 0.15) is 22.3 Å². The molecule has 1 aliphatic heterocycles. The average molecular weight is 389 g/mol. The molecule has 3 amide bonds. The zero-order valence-electron chi connectivity index (χ0n) is 16.1. The van der Waals surface area contributed by atoms with Crippen molar-refractivity contribution in [2.24, 2.45) is 5.92 Å². The summed E-state index contributed by atoms with van der Waals surface area (Å²) in [6.45, 7) is 1.06. The molecule has 6 nitrogen and oxygen atoms in total. The van der Waals surface area contributed by atoms with Gasteiger partial charge in [0.05, 0.1) is 23.7 Å². The van der Waals surface area contributed by atoms with E-state index in [0.29, 0.717) is 24.3 Å². The maximum absolute atomic E-state index is 12.7. The number of hydrogen-bond acceptors (Lipinski definition) is 3. The molecule has 2 aromatic carbocycles. The van der Waals surface area contributed by atoms with E-state index in [1.807, 2.05) is 30.3 Å². The maximum atomic E-state index is 12.7. The molecule has 148 valence electrons. The molecule has 6 heteroatoms. The van der Waals surface area contributed by atoms with E-state index in [1.165, 1.54) is 0 Å². The summed E-state index contributed by atoms with van der Waals surface area (Å²) < 4.78 is 0. The normalized spacial score (nSPS) is 15.6. The minimum atomic E-state index is -0.444. The number of nitrogens with zero attached hydrogens (tertiary/aromatic N) is 1. The molecule has 1 fully saturated rings. The largest absolute Gasteiger partial charge is 0.342 e. The van der Waals surface area contributed by atoms with E-state index < -0.39 is 5.92 Å². The fourth-order valence-electron chi connectivity index (χ4n) is 3.32. The lowest BCUT2D eigenvalue weighted by molar-refractivity contribution is -0.128. The number of benzene rings is 2. The summed E-state index contributed by atoms with van der Waals surface area (Å²) in [4.78, 5) is 39.0. The summed E-state index contributed by atoms with van der Waals surface area (Å²) in [5.41, 5.74) is 1.89. The summed E-state index contributed by atoms with van der Waals surface area (Å²) in [5.74, 6) is 1.25. The first-order chi connectivity index (χ1) is 14.1. The molecule has 29 heavy (non-hydrogen) atoms. The number of rotatable bonds is 7. The minimum absolute atomic E-state index is 0.0267. The highest BCUT2D eigenvalue weighted by Crippen LogP contribution is 2.22. The summed E-state index contributed by atoms with van der Waals surface area (Å²) >= 11 is 0. The van der Waals surface area contributed by atoms with Crippen molar-refractivity contribution in [1.82, 2.24) is 10.2 Å². The molecule has 0 aromatic heterocycles. The van der Waals surface area contributed by atoms with E-state index in [9.17, 15) is 14.4 Å². The quantitative estimate of drug-likeness (QED) is 0.712. The van der Waals surface area contributed by atoms with Gasteiger partial charge in [0.15, 0.2) is 0 Å². The SMILES string of the molecule is C#CCNC(=O)c1ccccc1NC(=O)C1CC(=O)N(CCc2ccccc2)C1.